The lowest BCUT2D eigenvalue weighted by Crippen LogP contribution is -2.60. The maximum Gasteiger partial charge on any atom is 0.339 e. The van der Waals surface area contributed by atoms with Crippen molar-refractivity contribution in [3.8, 4) is 5.88 Å². The van der Waals surface area contributed by atoms with Crippen LogP contribution in [0.4, 0.5) is 0 Å². The maximum atomic E-state index is 12.3. The SMILES string of the molecule is O=C(COC(=O)c1cc(O)[nH]c(=O)c1)NC12CC3CC(CC(C3)C1)C2. The summed E-state index contributed by atoms with van der Waals surface area (Å²) < 4.78 is 5.00. The van der Waals surface area contributed by atoms with E-state index in [2.05, 4.69) is 10.3 Å². The summed E-state index contributed by atoms with van der Waals surface area (Å²) >= 11 is 0. The van der Waals surface area contributed by atoms with E-state index in [9.17, 15) is 19.5 Å². The third-order valence-corrected chi connectivity index (χ3v) is 5.84. The Morgan fingerprint density at radius 1 is 1.16 bits per heavy atom. The molecule has 7 nitrogen and oxygen atoms in total. The number of ether oxygens (including phenoxy) is 1. The van der Waals surface area contributed by atoms with Gasteiger partial charge < -0.3 is 15.2 Å². The molecule has 0 aliphatic heterocycles. The van der Waals surface area contributed by atoms with Crippen LogP contribution >= 0.6 is 0 Å². The van der Waals surface area contributed by atoms with Gasteiger partial charge in [-0.25, -0.2) is 4.79 Å². The van der Waals surface area contributed by atoms with E-state index in [1.807, 2.05) is 0 Å². The average Bonchev–Trinajstić information content (AvgIpc) is 2.49. The molecule has 4 bridgehead atoms. The highest BCUT2D eigenvalue weighted by Gasteiger charge is 2.51. The highest BCUT2D eigenvalue weighted by molar-refractivity contribution is 5.91. The average molecular weight is 346 g/mol. The van der Waals surface area contributed by atoms with E-state index in [0.717, 1.165) is 31.4 Å². The molecule has 1 heterocycles. The molecule has 25 heavy (non-hydrogen) atoms. The van der Waals surface area contributed by atoms with Crippen molar-refractivity contribution in [3.63, 3.8) is 0 Å². The van der Waals surface area contributed by atoms with Gasteiger partial charge in [-0.15, -0.1) is 0 Å². The first-order valence-electron chi connectivity index (χ1n) is 8.82. The summed E-state index contributed by atoms with van der Waals surface area (Å²) in [5, 5.41) is 12.4. The largest absolute Gasteiger partial charge is 0.494 e. The van der Waals surface area contributed by atoms with Crippen molar-refractivity contribution in [1.29, 1.82) is 0 Å². The van der Waals surface area contributed by atoms with Crippen LogP contribution in [0.5, 0.6) is 5.88 Å². The minimum absolute atomic E-state index is 0.0798. The van der Waals surface area contributed by atoms with Crippen molar-refractivity contribution in [2.45, 2.75) is 44.1 Å². The number of pyridine rings is 1. The van der Waals surface area contributed by atoms with Gasteiger partial charge in [-0.3, -0.25) is 14.6 Å². The lowest BCUT2D eigenvalue weighted by Gasteiger charge is -2.56. The highest BCUT2D eigenvalue weighted by atomic mass is 16.5. The van der Waals surface area contributed by atoms with Crippen LogP contribution in [0, 0.1) is 17.8 Å². The molecule has 1 aromatic heterocycles. The summed E-state index contributed by atoms with van der Waals surface area (Å²) in [7, 11) is 0. The van der Waals surface area contributed by atoms with E-state index in [1.54, 1.807) is 0 Å². The first kappa shape index (κ1) is 16.2. The number of amides is 1. The Kier molecular flexibility index (Phi) is 3.81. The van der Waals surface area contributed by atoms with Gasteiger partial charge in [0.25, 0.3) is 11.5 Å². The Labute approximate surface area is 144 Å². The second-order valence-corrected chi connectivity index (χ2v) is 7.94. The zero-order valence-corrected chi connectivity index (χ0v) is 13.9. The standard InChI is InChI=1S/C18H22N2O5/c21-14-4-13(5-15(22)19-14)17(24)25-9-16(23)20-18-6-10-1-11(7-18)3-12(2-10)8-18/h4-5,10-12H,1-3,6-9H2,(H,20,23)(H2,19,21,22). The van der Waals surface area contributed by atoms with Crippen LogP contribution in [0.1, 0.15) is 48.9 Å². The molecule has 0 atom stereocenters. The number of H-pyrrole nitrogens is 1. The van der Waals surface area contributed by atoms with Gasteiger partial charge in [0.1, 0.15) is 0 Å². The summed E-state index contributed by atoms with van der Waals surface area (Å²) in [5.74, 6) is 0.623. The van der Waals surface area contributed by atoms with Crippen LogP contribution in [0.2, 0.25) is 0 Å². The van der Waals surface area contributed by atoms with Gasteiger partial charge in [0.2, 0.25) is 0 Å². The van der Waals surface area contributed by atoms with Gasteiger partial charge in [0.15, 0.2) is 12.5 Å². The van der Waals surface area contributed by atoms with Crippen LogP contribution in [0.3, 0.4) is 0 Å². The lowest BCUT2D eigenvalue weighted by atomic mass is 9.53. The van der Waals surface area contributed by atoms with Crippen molar-refractivity contribution in [3.05, 3.63) is 28.0 Å². The van der Waals surface area contributed by atoms with Gasteiger partial charge >= 0.3 is 5.97 Å². The maximum absolute atomic E-state index is 12.3. The Morgan fingerprint density at radius 2 is 1.76 bits per heavy atom. The van der Waals surface area contributed by atoms with Crippen molar-refractivity contribution in [2.24, 2.45) is 17.8 Å². The summed E-state index contributed by atoms with van der Waals surface area (Å²) in [6, 6.07) is 2.12. The van der Waals surface area contributed by atoms with Gasteiger partial charge in [0, 0.05) is 17.7 Å². The van der Waals surface area contributed by atoms with Crippen LogP contribution < -0.4 is 10.9 Å². The van der Waals surface area contributed by atoms with Crippen molar-refractivity contribution in [2.75, 3.05) is 6.61 Å². The van der Waals surface area contributed by atoms with Crippen molar-refractivity contribution < 1.29 is 19.4 Å². The molecule has 1 amide bonds. The van der Waals surface area contributed by atoms with Crippen LogP contribution in [-0.4, -0.2) is 34.1 Å². The van der Waals surface area contributed by atoms with Crippen molar-refractivity contribution in [1.82, 2.24) is 10.3 Å². The molecule has 0 saturated heterocycles. The summed E-state index contributed by atoms with van der Waals surface area (Å²) in [5.41, 5.74) is -0.811. The predicted octanol–water partition coefficient (Wildman–Crippen LogP) is 1.32. The third kappa shape index (κ3) is 3.27. The van der Waals surface area contributed by atoms with Gasteiger partial charge in [-0.05, 0) is 56.3 Å². The molecular formula is C18H22N2O5. The monoisotopic (exact) mass is 346 g/mol. The molecule has 4 saturated carbocycles. The quantitative estimate of drug-likeness (QED) is 0.713. The van der Waals surface area contributed by atoms with E-state index >= 15 is 0 Å². The molecule has 5 rings (SSSR count). The first-order chi connectivity index (χ1) is 11.9. The van der Waals surface area contributed by atoms with Gasteiger partial charge in [0.05, 0.1) is 5.56 Å². The molecule has 0 spiro atoms. The molecule has 4 fully saturated rings. The van der Waals surface area contributed by atoms with Crippen LogP contribution in [-0.2, 0) is 9.53 Å². The number of rotatable bonds is 4. The Hall–Kier alpha value is -2.31. The number of aromatic nitrogens is 1. The van der Waals surface area contributed by atoms with Crippen LogP contribution in [0.25, 0.3) is 0 Å². The number of carbonyl (C=O) groups is 2. The van der Waals surface area contributed by atoms with Crippen molar-refractivity contribution >= 4 is 11.9 Å². The minimum atomic E-state index is -0.804. The fourth-order valence-corrected chi connectivity index (χ4v) is 5.46. The second kappa shape index (κ2) is 5.89. The number of hydrogen-bond donors (Lipinski definition) is 3. The second-order valence-electron chi connectivity index (χ2n) is 7.94. The number of aromatic hydroxyl groups is 1. The number of hydrogen-bond acceptors (Lipinski definition) is 5. The number of esters is 1. The third-order valence-electron chi connectivity index (χ3n) is 5.84. The normalized spacial score (nSPS) is 32.4. The number of aromatic amines is 1. The molecule has 0 unspecified atom stereocenters. The van der Waals surface area contributed by atoms with E-state index in [4.69, 9.17) is 4.74 Å². The molecule has 0 radical (unpaired) electrons. The fourth-order valence-electron chi connectivity index (χ4n) is 5.46. The lowest BCUT2D eigenvalue weighted by molar-refractivity contribution is -0.130. The Balaban J connectivity index is 1.35. The van der Waals surface area contributed by atoms with E-state index in [0.29, 0.717) is 17.8 Å². The Morgan fingerprint density at radius 3 is 2.32 bits per heavy atom. The predicted molar refractivity (Wildman–Crippen MR) is 88.1 cm³/mol. The van der Waals surface area contributed by atoms with E-state index in [1.165, 1.54) is 19.3 Å². The van der Waals surface area contributed by atoms with Gasteiger partial charge in [-0.2, -0.15) is 0 Å². The molecule has 7 heteroatoms. The Bertz CT molecular complexity index is 734. The molecular weight excluding hydrogens is 324 g/mol. The van der Waals surface area contributed by atoms with Crippen LogP contribution in [0.15, 0.2) is 16.9 Å². The highest BCUT2D eigenvalue weighted by Crippen LogP contribution is 2.55. The summed E-state index contributed by atoms with van der Waals surface area (Å²) in [6.45, 7) is -0.381. The molecule has 1 aromatic rings. The number of nitrogens with one attached hydrogen (secondary N) is 2. The molecule has 134 valence electrons. The molecule has 3 N–H and O–H groups in total. The first-order valence-corrected chi connectivity index (χ1v) is 8.82. The number of carbonyl (C=O) groups excluding carboxylic acids is 2. The molecule has 0 aromatic carbocycles. The van der Waals surface area contributed by atoms with Gasteiger partial charge in [-0.1, -0.05) is 0 Å². The summed E-state index contributed by atoms with van der Waals surface area (Å²) in [6.07, 6.45) is 6.95. The smallest absolute Gasteiger partial charge is 0.339 e. The molecule has 4 aliphatic rings. The molecule has 4 aliphatic carbocycles. The minimum Gasteiger partial charge on any atom is -0.494 e. The summed E-state index contributed by atoms with van der Waals surface area (Å²) in [4.78, 5) is 37.6. The topological polar surface area (TPSA) is 108 Å². The van der Waals surface area contributed by atoms with E-state index < -0.39 is 17.4 Å². The van der Waals surface area contributed by atoms with E-state index in [-0.39, 0.29) is 23.6 Å². The fraction of sp³-hybridized carbons (Fsp3) is 0.611. The zero-order chi connectivity index (χ0) is 17.6. The zero-order valence-electron chi connectivity index (χ0n) is 13.9.